The predicted octanol–water partition coefficient (Wildman–Crippen LogP) is 0.0484. The number of nitrogens with one attached hydrogen (secondary N) is 1. The number of carbonyl (C=O) groups excluding carboxylic acids is 1. The van der Waals surface area contributed by atoms with Gasteiger partial charge in [-0.3, -0.25) is 9.69 Å². The smallest absolute Gasteiger partial charge is 0.241 e. The maximum atomic E-state index is 12.1. The average Bonchev–Trinajstić information content (AvgIpc) is 2.48. The Morgan fingerprint density at radius 2 is 2.05 bits per heavy atom. The highest BCUT2D eigenvalue weighted by atomic mass is 16.2. The van der Waals surface area contributed by atoms with Gasteiger partial charge in [-0.25, -0.2) is 0 Å². The lowest BCUT2D eigenvalue weighted by atomic mass is 10.1. The molecule has 0 saturated carbocycles. The minimum Gasteiger partial charge on any atom is -0.353 e. The normalized spacial score (nSPS) is 22.4. The van der Waals surface area contributed by atoms with Crippen molar-refractivity contribution in [3.8, 4) is 0 Å². The number of likely N-dealkylation sites (N-methyl/N-ethyl adjacent to an activating group) is 2. The van der Waals surface area contributed by atoms with Crippen LogP contribution in [0.4, 0.5) is 0 Å². The molecule has 1 amide bonds. The van der Waals surface area contributed by atoms with E-state index in [-0.39, 0.29) is 5.91 Å². The van der Waals surface area contributed by atoms with Gasteiger partial charge < -0.3 is 16.0 Å². The lowest BCUT2D eigenvalue weighted by Crippen LogP contribution is -2.54. The van der Waals surface area contributed by atoms with Crippen LogP contribution in [-0.2, 0) is 4.79 Å². The Kier molecular flexibility index (Phi) is 5.11. The Bertz CT molecular complexity index is 437. The highest BCUT2D eigenvalue weighted by Crippen LogP contribution is 2.10. The van der Waals surface area contributed by atoms with E-state index in [1.165, 1.54) is 0 Å². The van der Waals surface area contributed by atoms with Crippen LogP contribution >= 0.6 is 0 Å². The molecular formula is C15H24N4O. The van der Waals surface area contributed by atoms with Gasteiger partial charge in [0.15, 0.2) is 0 Å². The third-order valence-electron chi connectivity index (χ3n) is 3.93. The second-order valence-corrected chi connectivity index (χ2v) is 5.53. The molecule has 2 unspecified atom stereocenters. The van der Waals surface area contributed by atoms with Gasteiger partial charge in [-0.05, 0) is 19.7 Å². The van der Waals surface area contributed by atoms with E-state index in [9.17, 15) is 4.79 Å². The summed E-state index contributed by atoms with van der Waals surface area (Å²) in [5.41, 5.74) is 6.83. The number of amides is 1. The fourth-order valence-electron chi connectivity index (χ4n) is 2.46. The molecule has 0 aromatic heterocycles. The molecule has 0 aliphatic carbocycles. The van der Waals surface area contributed by atoms with Crippen LogP contribution in [0, 0.1) is 0 Å². The van der Waals surface area contributed by atoms with Crippen molar-refractivity contribution in [3.63, 3.8) is 0 Å². The number of hydrogen-bond acceptors (Lipinski definition) is 4. The lowest BCUT2D eigenvalue weighted by Gasteiger charge is -2.37. The summed E-state index contributed by atoms with van der Waals surface area (Å²) in [6.45, 7) is 3.71. The third-order valence-corrected chi connectivity index (χ3v) is 3.93. The van der Waals surface area contributed by atoms with Crippen molar-refractivity contribution in [1.82, 2.24) is 15.1 Å². The largest absolute Gasteiger partial charge is 0.353 e. The summed E-state index contributed by atoms with van der Waals surface area (Å²) in [7, 11) is 4.21. The van der Waals surface area contributed by atoms with Crippen LogP contribution in [0.2, 0.25) is 0 Å². The van der Waals surface area contributed by atoms with E-state index in [4.69, 9.17) is 5.73 Å². The number of benzene rings is 1. The van der Waals surface area contributed by atoms with Crippen molar-refractivity contribution in [2.45, 2.75) is 12.1 Å². The third kappa shape index (κ3) is 3.79. The van der Waals surface area contributed by atoms with Crippen molar-refractivity contribution < 1.29 is 4.79 Å². The quantitative estimate of drug-likeness (QED) is 0.816. The summed E-state index contributed by atoms with van der Waals surface area (Å²) in [5.74, 6) is -0.113. The molecule has 0 bridgehead atoms. The summed E-state index contributed by atoms with van der Waals surface area (Å²) < 4.78 is 0. The van der Waals surface area contributed by atoms with E-state index in [0.29, 0.717) is 12.6 Å². The molecule has 3 N–H and O–H groups in total. The maximum Gasteiger partial charge on any atom is 0.241 e. The van der Waals surface area contributed by atoms with Gasteiger partial charge >= 0.3 is 0 Å². The van der Waals surface area contributed by atoms with E-state index >= 15 is 0 Å². The Morgan fingerprint density at radius 3 is 2.75 bits per heavy atom. The van der Waals surface area contributed by atoms with E-state index in [1.807, 2.05) is 30.3 Å². The molecular weight excluding hydrogens is 252 g/mol. The Labute approximate surface area is 120 Å². The van der Waals surface area contributed by atoms with Gasteiger partial charge in [0.2, 0.25) is 5.91 Å². The Morgan fingerprint density at radius 1 is 1.35 bits per heavy atom. The molecule has 0 radical (unpaired) electrons. The molecule has 2 rings (SSSR count). The SMILES string of the molecule is CN1CCN(C)C(CNC(=O)C(N)c2ccccc2)C1. The van der Waals surface area contributed by atoms with Gasteiger partial charge in [-0.15, -0.1) is 0 Å². The molecule has 1 aliphatic rings. The van der Waals surface area contributed by atoms with E-state index in [0.717, 1.165) is 25.2 Å². The molecule has 20 heavy (non-hydrogen) atoms. The first kappa shape index (κ1) is 15.0. The summed E-state index contributed by atoms with van der Waals surface area (Å²) in [6, 6.07) is 9.22. The topological polar surface area (TPSA) is 61.6 Å². The van der Waals surface area contributed by atoms with Crippen molar-refractivity contribution in [2.24, 2.45) is 5.73 Å². The standard InChI is InChI=1S/C15H24N4O/c1-18-8-9-19(2)13(11-18)10-17-15(20)14(16)12-6-4-3-5-7-12/h3-7,13-14H,8-11,16H2,1-2H3,(H,17,20). The fourth-order valence-corrected chi connectivity index (χ4v) is 2.46. The number of carbonyl (C=O) groups is 1. The highest BCUT2D eigenvalue weighted by Gasteiger charge is 2.23. The van der Waals surface area contributed by atoms with Crippen LogP contribution in [0.5, 0.6) is 0 Å². The van der Waals surface area contributed by atoms with Crippen molar-refractivity contribution in [2.75, 3.05) is 40.3 Å². The summed E-state index contributed by atoms with van der Waals surface area (Å²) >= 11 is 0. The molecule has 1 heterocycles. The molecule has 0 spiro atoms. The molecule has 5 heteroatoms. The molecule has 1 saturated heterocycles. The highest BCUT2D eigenvalue weighted by molar-refractivity contribution is 5.82. The number of nitrogens with two attached hydrogens (primary N) is 1. The van der Waals surface area contributed by atoms with E-state index in [2.05, 4.69) is 29.2 Å². The van der Waals surface area contributed by atoms with E-state index in [1.54, 1.807) is 0 Å². The van der Waals surface area contributed by atoms with Gasteiger partial charge in [0.1, 0.15) is 6.04 Å². The van der Waals surface area contributed by atoms with Gasteiger partial charge in [-0.1, -0.05) is 30.3 Å². The van der Waals surface area contributed by atoms with Crippen LogP contribution in [0.3, 0.4) is 0 Å². The minimum absolute atomic E-state index is 0.113. The van der Waals surface area contributed by atoms with Crippen molar-refractivity contribution >= 4 is 5.91 Å². The van der Waals surface area contributed by atoms with Gasteiger partial charge in [0.05, 0.1) is 0 Å². The zero-order chi connectivity index (χ0) is 14.5. The van der Waals surface area contributed by atoms with Crippen LogP contribution < -0.4 is 11.1 Å². The van der Waals surface area contributed by atoms with Crippen LogP contribution in [-0.4, -0.2) is 62.0 Å². The molecule has 1 aromatic rings. The van der Waals surface area contributed by atoms with Gasteiger partial charge in [0.25, 0.3) is 0 Å². The first-order chi connectivity index (χ1) is 9.58. The predicted molar refractivity (Wildman–Crippen MR) is 80.3 cm³/mol. The van der Waals surface area contributed by atoms with Crippen LogP contribution in [0.25, 0.3) is 0 Å². The second-order valence-electron chi connectivity index (χ2n) is 5.53. The summed E-state index contributed by atoms with van der Waals surface area (Å²) in [4.78, 5) is 16.7. The first-order valence-electron chi connectivity index (χ1n) is 7.05. The van der Waals surface area contributed by atoms with E-state index < -0.39 is 6.04 Å². The Balaban J connectivity index is 1.85. The molecule has 1 fully saturated rings. The van der Waals surface area contributed by atoms with Gasteiger partial charge in [0, 0.05) is 32.2 Å². The average molecular weight is 276 g/mol. The fraction of sp³-hybridized carbons (Fsp3) is 0.533. The maximum absolute atomic E-state index is 12.1. The zero-order valence-corrected chi connectivity index (χ0v) is 12.2. The monoisotopic (exact) mass is 276 g/mol. The second kappa shape index (κ2) is 6.83. The number of nitrogens with zero attached hydrogens (tertiary/aromatic N) is 2. The Hall–Kier alpha value is -1.43. The van der Waals surface area contributed by atoms with Gasteiger partial charge in [-0.2, -0.15) is 0 Å². The number of hydrogen-bond donors (Lipinski definition) is 2. The molecule has 1 aliphatic heterocycles. The molecule has 5 nitrogen and oxygen atoms in total. The van der Waals surface area contributed by atoms with Crippen molar-refractivity contribution in [3.05, 3.63) is 35.9 Å². The first-order valence-corrected chi connectivity index (χ1v) is 7.05. The molecule has 2 atom stereocenters. The van der Waals surface area contributed by atoms with Crippen LogP contribution in [0.15, 0.2) is 30.3 Å². The van der Waals surface area contributed by atoms with Crippen LogP contribution in [0.1, 0.15) is 11.6 Å². The summed E-state index contributed by atoms with van der Waals surface area (Å²) in [6.07, 6.45) is 0. The lowest BCUT2D eigenvalue weighted by molar-refractivity contribution is -0.122. The summed E-state index contributed by atoms with van der Waals surface area (Å²) in [5, 5.41) is 2.97. The number of piperazine rings is 1. The minimum atomic E-state index is -0.595. The number of rotatable bonds is 4. The van der Waals surface area contributed by atoms with Crippen molar-refractivity contribution in [1.29, 1.82) is 0 Å². The zero-order valence-electron chi connectivity index (χ0n) is 12.2. The molecule has 110 valence electrons. The molecule has 1 aromatic carbocycles.